The average molecular weight is 299 g/mol. The summed E-state index contributed by atoms with van der Waals surface area (Å²) in [5.41, 5.74) is 7.08. The summed E-state index contributed by atoms with van der Waals surface area (Å²) in [7, 11) is 0. The molecule has 0 aliphatic rings. The third-order valence-corrected chi connectivity index (χ3v) is 4.14. The summed E-state index contributed by atoms with van der Waals surface area (Å²) in [5.74, 6) is 0. The molecule has 5 nitrogen and oxygen atoms in total. The van der Waals surface area contributed by atoms with Crippen molar-refractivity contribution in [1.82, 2.24) is 14.8 Å². The van der Waals surface area contributed by atoms with Crippen LogP contribution >= 0.6 is 23.4 Å². The maximum atomic E-state index is 11.7. The van der Waals surface area contributed by atoms with Gasteiger partial charge in [-0.2, -0.15) is 0 Å². The van der Waals surface area contributed by atoms with E-state index >= 15 is 0 Å². The zero-order chi connectivity index (χ0) is 14.2. The van der Waals surface area contributed by atoms with Crippen molar-refractivity contribution in [1.29, 1.82) is 0 Å². The minimum Gasteiger partial charge on any atom is -0.398 e. The summed E-state index contributed by atoms with van der Waals surface area (Å²) in [5, 5.41) is 7.62. The Hall–Kier alpha value is -1.40. The summed E-state index contributed by atoms with van der Waals surface area (Å²) < 4.78 is 1.61. The van der Waals surface area contributed by atoms with Crippen LogP contribution < -0.4 is 11.4 Å². The number of aromatic nitrogens is 3. The molecular weight excluding hydrogens is 284 g/mol. The monoisotopic (exact) mass is 298 g/mol. The molecule has 102 valence electrons. The SMILES string of the molecule is Cc1cc(N)c(Cl)cc1Sc1n[nH]c(=O)n1C(C)C. The van der Waals surface area contributed by atoms with Crippen LogP contribution in [0.25, 0.3) is 0 Å². The Morgan fingerprint density at radius 1 is 1.47 bits per heavy atom. The number of anilines is 1. The second-order valence-electron chi connectivity index (χ2n) is 4.52. The first-order valence-electron chi connectivity index (χ1n) is 5.80. The highest BCUT2D eigenvalue weighted by Crippen LogP contribution is 2.33. The number of hydrogen-bond donors (Lipinski definition) is 2. The van der Waals surface area contributed by atoms with Gasteiger partial charge in [-0.05, 0) is 50.2 Å². The Balaban J connectivity index is 2.42. The van der Waals surface area contributed by atoms with E-state index in [1.54, 1.807) is 10.6 Å². The maximum absolute atomic E-state index is 11.7. The molecule has 1 aromatic carbocycles. The fraction of sp³-hybridized carbons (Fsp3) is 0.333. The molecule has 0 bridgehead atoms. The van der Waals surface area contributed by atoms with Gasteiger partial charge in [-0.1, -0.05) is 11.6 Å². The third-order valence-electron chi connectivity index (χ3n) is 2.68. The smallest absolute Gasteiger partial charge is 0.344 e. The highest BCUT2D eigenvalue weighted by molar-refractivity contribution is 7.99. The van der Waals surface area contributed by atoms with E-state index in [9.17, 15) is 4.79 Å². The Morgan fingerprint density at radius 3 is 2.79 bits per heavy atom. The zero-order valence-corrected chi connectivity index (χ0v) is 12.5. The minimum atomic E-state index is -0.211. The molecule has 0 unspecified atom stereocenters. The summed E-state index contributed by atoms with van der Waals surface area (Å²) >= 11 is 7.42. The lowest BCUT2D eigenvalue weighted by Crippen LogP contribution is -2.19. The second-order valence-corrected chi connectivity index (χ2v) is 5.93. The van der Waals surface area contributed by atoms with E-state index in [4.69, 9.17) is 17.3 Å². The molecule has 0 amide bonds. The predicted molar refractivity (Wildman–Crippen MR) is 78.0 cm³/mol. The first-order chi connectivity index (χ1) is 8.90. The van der Waals surface area contributed by atoms with Gasteiger partial charge in [0, 0.05) is 10.9 Å². The van der Waals surface area contributed by atoms with Crippen molar-refractivity contribution in [3.05, 3.63) is 33.2 Å². The van der Waals surface area contributed by atoms with E-state index in [2.05, 4.69) is 10.2 Å². The molecule has 0 atom stereocenters. The van der Waals surface area contributed by atoms with Crippen LogP contribution in [0.3, 0.4) is 0 Å². The van der Waals surface area contributed by atoms with Crippen molar-refractivity contribution in [2.24, 2.45) is 0 Å². The first kappa shape index (κ1) is 14.0. The van der Waals surface area contributed by atoms with Gasteiger partial charge in [-0.25, -0.2) is 9.89 Å². The van der Waals surface area contributed by atoms with Gasteiger partial charge in [-0.3, -0.25) is 4.57 Å². The fourth-order valence-corrected chi connectivity index (χ4v) is 3.02. The van der Waals surface area contributed by atoms with Crippen LogP contribution in [0.4, 0.5) is 5.69 Å². The number of nitrogens with zero attached hydrogens (tertiary/aromatic N) is 2. The highest BCUT2D eigenvalue weighted by atomic mass is 35.5. The van der Waals surface area contributed by atoms with Crippen molar-refractivity contribution < 1.29 is 0 Å². The number of rotatable bonds is 3. The van der Waals surface area contributed by atoms with Crippen LogP contribution in [0.1, 0.15) is 25.5 Å². The predicted octanol–water partition coefficient (Wildman–Crippen LogP) is 2.85. The lowest BCUT2D eigenvalue weighted by Gasteiger charge is -2.10. The molecule has 0 saturated carbocycles. The Bertz CT molecular complexity index is 662. The van der Waals surface area contributed by atoms with Gasteiger partial charge < -0.3 is 5.73 Å². The van der Waals surface area contributed by atoms with Crippen LogP contribution in [0, 0.1) is 6.92 Å². The summed E-state index contributed by atoms with van der Waals surface area (Å²) in [4.78, 5) is 12.6. The molecule has 2 aromatic rings. The third kappa shape index (κ3) is 2.79. The number of halogens is 1. The minimum absolute atomic E-state index is 0.0401. The number of benzene rings is 1. The number of nitrogen functional groups attached to an aromatic ring is 1. The molecule has 2 rings (SSSR count). The molecular formula is C12H15ClN4OS. The summed E-state index contributed by atoms with van der Waals surface area (Å²) in [6.07, 6.45) is 0. The molecule has 1 aromatic heterocycles. The molecule has 7 heteroatoms. The molecule has 1 heterocycles. The lowest BCUT2D eigenvalue weighted by molar-refractivity contribution is 0.534. The second kappa shape index (κ2) is 5.30. The number of H-pyrrole nitrogens is 1. The van der Waals surface area contributed by atoms with E-state index in [0.29, 0.717) is 15.9 Å². The molecule has 3 N–H and O–H groups in total. The first-order valence-corrected chi connectivity index (χ1v) is 7.00. The zero-order valence-electron chi connectivity index (χ0n) is 10.9. The number of nitrogens with two attached hydrogens (primary N) is 1. The normalized spacial score (nSPS) is 11.2. The van der Waals surface area contributed by atoms with Crippen LogP contribution in [0.2, 0.25) is 5.02 Å². The Morgan fingerprint density at radius 2 is 2.16 bits per heavy atom. The van der Waals surface area contributed by atoms with Crippen LogP contribution in [0.5, 0.6) is 0 Å². The van der Waals surface area contributed by atoms with E-state index in [0.717, 1.165) is 10.5 Å². The van der Waals surface area contributed by atoms with Crippen molar-refractivity contribution in [2.75, 3.05) is 5.73 Å². The van der Waals surface area contributed by atoms with Crippen molar-refractivity contribution in [3.63, 3.8) is 0 Å². The molecule has 0 aliphatic carbocycles. The largest absolute Gasteiger partial charge is 0.398 e. The van der Waals surface area contributed by atoms with Gasteiger partial charge in [0.1, 0.15) is 0 Å². The molecule has 0 spiro atoms. The standard InChI is InChI=1S/C12H15ClN4OS/c1-6(2)17-11(18)15-16-12(17)19-10-5-8(13)9(14)4-7(10)3/h4-6H,14H2,1-3H3,(H,15,18). The topological polar surface area (TPSA) is 76.7 Å². The van der Waals surface area contributed by atoms with Crippen LogP contribution in [0.15, 0.2) is 27.0 Å². The van der Waals surface area contributed by atoms with E-state index in [1.807, 2.05) is 26.8 Å². The van der Waals surface area contributed by atoms with Gasteiger partial charge in [0.25, 0.3) is 0 Å². The van der Waals surface area contributed by atoms with Gasteiger partial charge in [0.15, 0.2) is 5.16 Å². The average Bonchev–Trinajstić information content (AvgIpc) is 2.67. The number of hydrogen-bond acceptors (Lipinski definition) is 4. The van der Waals surface area contributed by atoms with Gasteiger partial charge in [-0.15, -0.1) is 5.10 Å². The number of aromatic amines is 1. The number of nitrogens with one attached hydrogen (secondary N) is 1. The van der Waals surface area contributed by atoms with Crippen molar-refractivity contribution in [2.45, 2.75) is 36.9 Å². The highest BCUT2D eigenvalue weighted by Gasteiger charge is 2.14. The summed E-state index contributed by atoms with van der Waals surface area (Å²) in [6, 6.07) is 3.65. The van der Waals surface area contributed by atoms with Crippen molar-refractivity contribution in [3.8, 4) is 0 Å². The Kier molecular flexibility index (Phi) is 3.91. The number of aryl methyl sites for hydroxylation is 1. The lowest BCUT2D eigenvalue weighted by atomic mass is 10.2. The molecule has 19 heavy (non-hydrogen) atoms. The van der Waals surface area contributed by atoms with Crippen LogP contribution in [-0.4, -0.2) is 14.8 Å². The van der Waals surface area contributed by atoms with Gasteiger partial charge in [0.2, 0.25) is 0 Å². The molecule has 0 fully saturated rings. The molecule has 0 radical (unpaired) electrons. The van der Waals surface area contributed by atoms with E-state index < -0.39 is 0 Å². The van der Waals surface area contributed by atoms with Gasteiger partial charge >= 0.3 is 5.69 Å². The molecule has 0 aliphatic heterocycles. The quantitative estimate of drug-likeness (QED) is 0.854. The maximum Gasteiger partial charge on any atom is 0.344 e. The van der Waals surface area contributed by atoms with E-state index in [1.165, 1.54) is 11.8 Å². The van der Waals surface area contributed by atoms with Crippen molar-refractivity contribution >= 4 is 29.1 Å². The van der Waals surface area contributed by atoms with Gasteiger partial charge in [0.05, 0.1) is 10.7 Å². The van der Waals surface area contributed by atoms with Crippen LogP contribution in [-0.2, 0) is 0 Å². The van der Waals surface area contributed by atoms with E-state index in [-0.39, 0.29) is 11.7 Å². The summed E-state index contributed by atoms with van der Waals surface area (Å²) in [6.45, 7) is 5.81. The Labute approximate surface area is 120 Å². The fourth-order valence-electron chi connectivity index (χ4n) is 1.71. The molecule has 0 saturated heterocycles.